The molecular weight excluding hydrogens is 536 g/mol. The van der Waals surface area contributed by atoms with Crippen molar-refractivity contribution in [2.24, 2.45) is 11.8 Å². The Labute approximate surface area is 236 Å². The molecule has 2 aromatic rings. The van der Waals surface area contributed by atoms with Crippen molar-refractivity contribution in [3.63, 3.8) is 0 Å². The molecule has 0 aliphatic carbocycles. The van der Waals surface area contributed by atoms with Crippen LogP contribution >= 0.6 is 0 Å². The largest absolute Gasteiger partial charge is 0.497 e. The Morgan fingerprint density at radius 2 is 1.85 bits per heavy atom. The van der Waals surface area contributed by atoms with Gasteiger partial charge in [-0.05, 0) is 48.6 Å². The Morgan fingerprint density at radius 3 is 2.52 bits per heavy atom. The second kappa shape index (κ2) is 13.8. The number of carbonyl (C=O) groups is 1. The van der Waals surface area contributed by atoms with Gasteiger partial charge >= 0.3 is 6.09 Å². The maximum Gasteiger partial charge on any atom is 0.407 e. The highest BCUT2D eigenvalue weighted by atomic mass is 32.2. The quantitative estimate of drug-likeness (QED) is 0.373. The lowest BCUT2D eigenvalue weighted by molar-refractivity contribution is -0.0907. The van der Waals surface area contributed by atoms with E-state index in [4.69, 9.17) is 18.9 Å². The number of carbonyl (C=O) groups excluding carboxylic acids is 1. The molecular formula is C29H40N2O8S. The molecule has 2 heterocycles. The number of hydrogen-bond acceptors (Lipinski definition) is 8. The van der Waals surface area contributed by atoms with E-state index in [0.29, 0.717) is 12.4 Å². The second-order valence-corrected chi connectivity index (χ2v) is 12.4. The summed E-state index contributed by atoms with van der Waals surface area (Å²) in [7, 11) is -2.43. The topological polar surface area (TPSA) is 124 Å². The Morgan fingerprint density at radius 1 is 1.12 bits per heavy atom. The van der Waals surface area contributed by atoms with Crippen LogP contribution in [0.4, 0.5) is 4.79 Å². The molecule has 0 spiro atoms. The molecule has 1 amide bonds. The van der Waals surface area contributed by atoms with Crippen LogP contribution in [0.1, 0.15) is 32.3 Å². The molecule has 10 nitrogen and oxygen atoms in total. The average molecular weight is 577 g/mol. The number of aliphatic hydroxyl groups excluding tert-OH is 1. The summed E-state index contributed by atoms with van der Waals surface area (Å²) in [5, 5.41) is 14.2. The van der Waals surface area contributed by atoms with Crippen molar-refractivity contribution in [2.45, 2.75) is 62.5 Å². The second-order valence-electron chi connectivity index (χ2n) is 10.5. The van der Waals surface area contributed by atoms with Gasteiger partial charge in [0, 0.05) is 13.1 Å². The first-order chi connectivity index (χ1) is 19.2. The van der Waals surface area contributed by atoms with Crippen molar-refractivity contribution in [1.29, 1.82) is 0 Å². The minimum atomic E-state index is -3.95. The number of benzene rings is 2. The van der Waals surface area contributed by atoms with Gasteiger partial charge in [-0.3, -0.25) is 0 Å². The number of sulfonamides is 1. The number of alkyl carbamates (subject to hydrolysis) is 1. The van der Waals surface area contributed by atoms with Crippen LogP contribution in [-0.4, -0.2) is 81.9 Å². The van der Waals surface area contributed by atoms with E-state index in [0.717, 1.165) is 18.4 Å². The lowest BCUT2D eigenvalue weighted by Crippen LogP contribution is -2.51. The lowest BCUT2D eigenvalue weighted by atomic mass is 10.0. The van der Waals surface area contributed by atoms with Gasteiger partial charge in [-0.1, -0.05) is 50.6 Å². The molecule has 4 rings (SSSR count). The first-order valence-corrected chi connectivity index (χ1v) is 15.2. The highest BCUT2D eigenvalue weighted by Crippen LogP contribution is 2.33. The Kier molecular flexibility index (Phi) is 10.4. The molecule has 2 aliphatic rings. The van der Waals surface area contributed by atoms with Gasteiger partial charge in [0.25, 0.3) is 0 Å². The summed E-state index contributed by atoms with van der Waals surface area (Å²) in [6.45, 7) is 4.76. The SMILES string of the molecule is CC[C@H](C)CN(C[C@@H](O)[C@H](Cc1ccccc1)NC(=O)OC1CO[C@H]2OCC[C@@H]12)S(=O)(=O)c1ccc(OC)cc1. The van der Waals surface area contributed by atoms with Crippen LogP contribution in [0, 0.1) is 11.8 Å². The summed E-state index contributed by atoms with van der Waals surface area (Å²) in [5.74, 6) is 0.569. The number of amides is 1. The van der Waals surface area contributed by atoms with Gasteiger partial charge in [0.1, 0.15) is 11.9 Å². The molecule has 0 saturated carbocycles. The third-order valence-electron chi connectivity index (χ3n) is 7.61. The molecule has 220 valence electrons. The van der Waals surface area contributed by atoms with Gasteiger partial charge in [-0.2, -0.15) is 4.31 Å². The summed E-state index contributed by atoms with van der Waals surface area (Å²) >= 11 is 0. The standard InChI is InChI=1S/C29H40N2O8S/c1-4-20(2)17-31(40(34,35)23-12-10-22(36-3)11-13-23)18-26(32)25(16-21-8-6-5-7-9-21)30-29(33)39-27-19-38-28-24(27)14-15-37-28/h5-13,20,24-28,32H,4,14-19H2,1-3H3,(H,30,33)/t20-,24-,25-,26+,27?,28+/m0/s1. The van der Waals surface area contributed by atoms with Gasteiger partial charge in [0.05, 0.1) is 43.3 Å². The molecule has 0 aromatic heterocycles. The zero-order chi connectivity index (χ0) is 28.7. The van der Waals surface area contributed by atoms with E-state index in [1.807, 2.05) is 44.2 Å². The van der Waals surface area contributed by atoms with Crippen molar-refractivity contribution >= 4 is 16.1 Å². The smallest absolute Gasteiger partial charge is 0.407 e. The number of rotatable bonds is 13. The van der Waals surface area contributed by atoms with Crippen LogP contribution in [0.15, 0.2) is 59.5 Å². The van der Waals surface area contributed by atoms with Gasteiger partial charge < -0.3 is 29.4 Å². The molecule has 0 bridgehead atoms. The third kappa shape index (κ3) is 7.52. The Hall–Kier alpha value is -2.70. The fourth-order valence-corrected chi connectivity index (χ4v) is 6.58. The predicted octanol–water partition coefficient (Wildman–Crippen LogP) is 3.19. The van der Waals surface area contributed by atoms with Crippen LogP contribution in [0.3, 0.4) is 0 Å². The predicted molar refractivity (Wildman–Crippen MR) is 148 cm³/mol. The maximum absolute atomic E-state index is 13.7. The summed E-state index contributed by atoms with van der Waals surface area (Å²) < 4.78 is 50.6. The number of fused-ring (bicyclic) bond motifs is 1. The molecule has 2 aliphatic heterocycles. The van der Waals surface area contributed by atoms with Crippen LogP contribution in [-0.2, 0) is 30.7 Å². The first kappa shape index (κ1) is 30.3. The van der Waals surface area contributed by atoms with Gasteiger partial charge in [-0.15, -0.1) is 0 Å². The van der Waals surface area contributed by atoms with Crippen molar-refractivity contribution in [3.05, 3.63) is 60.2 Å². The minimum Gasteiger partial charge on any atom is -0.497 e. The summed E-state index contributed by atoms with van der Waals surface area (Å²) in [4.78, 5) is 13.1. The molecule has 0 radical (unpaired) electrons. The van der Waals surface area contributed by atoms with E-state index < -0.39 is 34.4 Å². The molecule has 11 heteroatoms. The zero-order valence-electron chi connectivity index (χ0n) is 23.3. The summed E-state index contributed by atoms with van der Waals surface area (Å²) in [6.07, 6.45) is -0.919. The van der Waals surface area contributed by atoms with Crippen molar-refractivity contribution in [1.82, 2.24) is 9.62 Å². The van der Waals surface area contributed by atoms with Gasteiger partial charge in [0.15, 0.2) is 6.29 Å². The minimum absolute atomic E-state index is 0.0242. The van der Waals surface area contributed by atoms with Crippen molar-refractivity contribution < 1.29 is 37.3 Å². The van der Waals surface area contributed by atoms with E-state index in [9.17, 15) is 18.3 Å². The van der Waals surface area contributed by atoms with Crippen LogP contribution in [0.2, 0.25) is 0 Å². The number of ether oxygens (including phenoxy) is 4. The fraction of sp³-hybridized carbons (Fsp3) is 0.552. The zero-order valence-corrected chi connectivity index (χ0v) is 24.1. The number of methoxy groups -OCH3 is 1. The van der Waals surface area contributed by atoms with E-state index in [2.05, 4.69) is 5.32 Å². The number of nitrogens with zero attached hydrogens (tertiary/aromatic N) is 1. The van der Waals surface area contributed by atoms with Crippen LogP contribution < -0.4 is 10.1 Å². The maximum atomic E-state index is 13.7. The summed E-state index contributed by atoms with van der Waals surface area (Å²) in [6, 6.07) is 14.8. The molecule has 1 unspecified atom stereocenters. The number of hydrogen-bond donors (Lipinski definition) is 2. The molecule has 2 aromatic carbocycles. The van der Waals surface area contributed by atoms with E-state index in [1.165, 1.54) is 23.5 Å². The number of nitrogens with one attached hydrogen (secondary N) is 1. The highest BCUT2D eigenvalue weighted by molar-refractivity contribution is 7.89. The van der Waals surface area contributed by atoms with Gasteiger partial charge in [-0.25, -0.2) is 13.2 Å². The molecule has 40 heavy (non-hydrogen) atoms. The fourth-order valence-electron chi connectivity index (χ4n) is 5.00. The van der Waals surface area contributed by atoms with E-state index in [1.54, 1.807) is 12.1 Å². The van der Waals surface area contributed by atoms with Crippen molar-refractivity contribution in [3.8, 4) is 5.75 Å². The van der Waals surface area contributed by atoms with Crippen LogP contribution in [0.25, 0.3) is 0 Å². The van der Waals surface area contributed by atoms with E-state index >= 15 is 0 Å². The number of aliphatic hydroxyl groups is 1. The van der Waals surface area contributed by atoms with Crippen LogP contribution in [0.5, 0.6) is 5.75 Å². The monoisotopic (exact) mass is 576 g/mol. The lowest BCUT2D eigenvalue weighted by Gasteiger charge is -2.31. The highest BCUT2D eigenvalue weighted by Gasteiger charge is 2.44. The Balaban J connectivity index is 1.52. The average Bonchev–Trinajstić information content (AvgIpc) is 3.58. The third-order valence-corrected chi connectivity index (χ3v) is 9.46. The van der Waals surface area contributed by atoms with Gasteiger partial charge in [0.2, 0.25) is 10.0 Å². The molecule has 2 fully saturated rings. The molecule has 2 saturated heterocycles. The van der Waals surface area contributed by atoms with E-state index in [-0.39, 0.29) is 49.1 Å². The first-order valence-electron chi connectivity index (χ1n) is 13.8. The molecule has 6 atom stereocenters. The Bertz CT molecular complexity index is 1190. The molecule has 2 N–H and O–H groups in total. The summed E-state index contributed by atoms with van der Waals surface area (Å²) in [5.41, 5.74) is 0.881. The normalized spacial score (nSPS) is 22.9. The van der Waals surface area contributed by atoms with Crippen molar-refractivity contribution in [2.75, 3.05) is 33.4 Å².